The van der Waals surface area contributed by atoms with Crippen molar-refractivity contribution in [3.05, 3.63) is 88.3 Å². The molecule has 3 aromatic rings. The lowest BCUT2D eigenvalue weighted by molar-refractivity contribution is 0.0941. The van der Waals surface area contributed by atoms with Crippen LogP contribution in [-0.2, 0) is 19.6 Å². The lowest BCUT2D eigenvalue weighted by Crippen LogP contribution is -2.23. The Morgan fingerprint density at radius 2 is 1.85 bits per heavy atom. The van der Waals surface area contributed by atoms with Gasteiger partial charge in [0.15, 0.2) is 11.5 Å². The van der Waals surface area contributed by atoms with E-state index in [4.69, 9.17) is 4.52 Å². The van der Waals surface area contributed by atoms with Crippen LogP contribution in [0.1, 0.15) is 38.5 Å². The number of hydrogen-bond acceptors (Lipinski definition) is 4. The van der Waals surface area contributed by atoms with Gasteiger partial charge < -0.3 is 9.84 Å². The second-order valence-electron chi connectivity index (χ2n) is 6.95. The highest BCUT2D eigenvalue weighted by Gasteiger charge is 2.14. The molecule has 1 amide bonds. The Hall–Kier alpha value is -2.92. The van der Waals surface area contributed by atoms with Crippen LogP contribution in [0.15, 0.2) is 59.1 Å². The topological polar surface area (TPSA) is 58.4 Å². The van der Waals surface area contributed by atoms with Crippen molar-refractivity contribution in [1.29, 1.82) is 0 Å². The smallest absolute Gasteiger partial charge is 0.273 e. The van der Waals surface area contributed by atoms with E-state index in [1.807, 2.05) is 39.1 Å². The molecule has 140 valence electrons. The van der Waals surface area contributed by atoms with Crippen molar-refractivity contribution < 1.29 is 9.32 Å². The van der Waals surface area contributed by atoms with E-state index in [2.05, 4.69) is 45.7 Å². The number of aromatic nitrogens is 1. The van der Waals surface area contributed by atoms with Crippen molar-refractivity contribution in [2.24, 2.45) is 0 Å². The van der Waals surface area contributed by atoms with Crippen molar-refractivity contribution in [2.75, 3.05) is 7.05 Å². The summed E-state index contributed by atoms with van der Waals surface area (Å²) in [6.45, 7) is 5.95. The van der Waals surface area contributed by atoms with Crippen molar-refractivity contribution in [2.45, 2.75) is 33.5 Å². The number of hydrogen-bond donors (Lipinski definition) is 1. The number of benzene rings is 2. The zero-order chi connectivity index (χ0) is 19.2. The number of carbonyl (C=O) groups is 1. The van der Waals surface area contributed by atoms with Crippen molar-refractivity contribution in [1.82, 2.24) is 15.4 Å². The van der Waals surface area contributed by atoms with Gasteiger partial charge in [0.05, 0.1) is 6.54 Å². The maximum Gasteiger partial charge on any atom is 0.273 e. The van der Waals surface area contributed by atoms with Gasteiger partial charge in [-0.15, -0.1) is 0 Å². The second-order valence-corrected chi connectivity index (χ2v) is 6.95. The summed E-state index contributed by atoms with van der Waals surface area (Å²) in [6.07, 6.45) is 0. The van der Waals surface area contributed by atoms with Gasteiger partial charge in [0.25, 0.3) is 5.91 Å². The lowest BCUT2D eigenvalue weighted by atomic mass is 10.1. The van der Waals surface area contributed by atoms with Crippen LogP contribution >= 0.6 is 0 Å². The Morgan fingerprint density at radius 3 is 2.63 bits per heavy atom. The van der Waals surface area contributed by atoms with Crippen LogP contribution in [0.2, 0.25) is 0 Å². The van der Waals surface area contributed by atoms with Gasteiger partial charge in [-0.05, 0) is 37.6 Å². The van der Waals surface area contributed by atoms with E-state index in [1.165, 1.54) is 11.1 Å². The largest absolute Gasteiger partial charge is 0.359 e. The Kier molecular flexibility index (Phi) is 6.04. The van der Waals surface area contributed by atoms with E-state index in [9.17, 15) is 4.79 Å². The summed E-state index contributed by atoms with van der Waals surface area (Å²) in [4.78, 5) is 14.5. The van der Waals surface area contributed by atoms with Crippen LogP contribution in [0.4, 0.5) is 0 Å². The zero-order valence-electron chi connectivity index (χ0n) is 16.0. The van der Waals surface area contributed by atoms with Crippen LogP contribution < -0.4 is 5.32 Å². The lowest BCUT2D eigenvalue weighted by Gasteiger charge is -2.14. The molecule has 0 radical (unpaired) electrons. The standard InChI is InChI=1S/C22H25N3O2/c1-16-9-10-17(2)19(11-16)13-23-22(26)21-12-20(27-24-21)15-25(3)14-18-7-5-4-6-8-18/h4-12H,13-15H2,1-3H3,(H,23,26). The van der Waals surface area contributed by atoms with Crippen LogP contribution in [0, 0.1) is 13.8 Å². The minimum atomic E-state index is -0.225. The van der Waals surface area contributed by atoms with E-state index in [-0.39, 0.29) is 5.91 Å². The Labute approximate surface area is 160 Å². The van der Waals surface area contributed by atoms with Gasteiger partial charge in [-0.25, -0.2) is 0 Å². The second kappa shape index (κ2) is 8.64. The van der Waals surface area contributed by atoms with Gasteiger partial charge >= 0.3 is 0 Å². The summed E-state index contributed by atoms with van der Waals surface area (Å²) in [6, 6.07) is 18.1. The minimum Gasteiger partial charge on any atom is -0.359 e. The molecule has 27 heavy (non-hydrogen) atoms. The molecule has 0 atom stereocenters. The van der Waals surface area contributed by atoms with Gasteiger partial charge in [0, 0.05) is 19.2 Å². The molecule has 5 nitrogen and oxygen atoms in total. The molecule has 0 spiro atoms. The minimum absolute atomic E-state index is 0.225. The van der Waals surface area contributed by atoms with Crippen molar-refractivity contribution >= 4 is 5.91 Å². The molecule has 1 heterocycles. The number of aryl methyl sites for hydroxylation is 2. The van der Waals surface area contributed by atoms with E-state index in [1.54, 1.807) is 6.07 Å². The van der Waals surface area contributed by atoms with Crippen LogP contribution in [0.3, 0.4) is 0 Å². The number of carbonyl (C=O) groups excluding carboxylic acids is 1. The number of nitrogens with zero attached hydrogens (tertiary/aromatic N) is 2. The van der Waals surface area contributed by atoms with Crippen LogP contribution in [-0.4, -0.2) is 23.0 Å². The molecule has 0 bridgehead atoms. The maximum atomic E-state index is 12.4. The Bertz CT molecular complexity index is 903. The highest BCUT2D eigenvalue weighted by atomic mass is 16.5. The molecule has 3 rings (SSSR count). The highest BCUT2D eigenvalue weighted by molar-refractivity contribution is 5.92. The van der Waals surface area contributed by atoms with E-state index < -0.39 is 0 Å². The summed E-state index contributed by atoms with van der Waals surface area (Å²) in [5.74, 6) is 0.446. The molecule has 0 aliphatic rings. The normalized spacial score (nSPS) is 11.0. The third-order valence-corrected chi connectivity index (χ3v) is 4.46. The molecule has 1 N–H and O–H groups in total. The first-order valence-electron chi connectivity index (χ1n) is 9.03. The summed E-state index contributed by atoms with van der Waals surface area (Å²) in [7, 11) is 2.01. The van der Waals surface area contributed by atoms with Gasteiger partial charge in [-0.1, -0.05) is 59.3 Å². The molecule has 0 saturated carbocycles. The van der Waals surface area contributed by atoms with Gasteiger partial charge in [0.1, 0.15) is 0 Å². The van der Waals surface area contributed by atoms with Gasteiger partial charge in [-0.2, -0.15) is 0 Å². The third-order valence-electron chi connectivity index (χ3n) is 4.46. The third kappa shape index (κ3) is 5.28. The van der Waals surface area contributed by atoms with Gasteiger partial charge in [-0.3, -0.25) is 9.69 Å². The molecule has 1 aromatic heterocycles. The summed E-state index contributed by atoms with van der Waals surface area (Å²) < 4.78 is 5.34. The van der Waals surface area contributed by atoms with Crippen LogP contribution in [0.25, 0.3) is 0 Å². The molecule has 0 unspecified atom stereocenters. The summed E-state index contributed by atoms with van der Waals surface area (Å²) in [5.41, 5.74) is 4.98. The van der Waals surface area contributed by atoms with Gasteiger partial charge in [0.2, 0.25) is 0 Å². The van der Waals surface area contributed by atoms with Crippen molar-refractivity contribution in [3.8, 4) is 0 Å². The molecule has 0 saturated heterocycles. The number of nitrogens with one attached hydrogen (secondary N) is 1. The quantitative estimate of drug-likeness (QED) is 0.693. The highest BCUT2D eigenvalue weighted by Crippen LogP contribution is 2.12. The number of amides is 1. The Balaban J connectivity index is 1.55. The molecular formula is C22H25N3O2. The zero-order valence-corrected chi connectivity index (χ0v) is 16.0. The fourth-order valence-electron chi connectivity index (χ4n) is 2.97. The fraction of sp³-hybridized carbons (Fsp3) is 0.273. The SMILES string of the molecule is Cc1ccc(C)c(CNC(=O)c2cc(CN(C)Cc3ccccc3)on2)c1. The first-order valence-corrected chi connectivity index (χ1v) is 9.03. The maximum absolute atomic E-state index is 12.4. The summed E-state index contributed by atoms with van der Waals surface area (Å²) in [5, 5.41) is 6.83. The monoisotopic (exact) mass is 363 g/mol. The van der Waals surface area contributed by atoms with E-state index >= 15 is 0 Å². The predicted molar refractivity (Wildman–Crippen MR) is 105 cm³/mol. The fourth-order valence-corrected chi connectivity index (χ4v) is 2.97. The molecule has 0 fully saturated rings. The molecule has 5 heteroatoms. The first kappa shape index (κ1) is 18.9. The first-order chi connectivity index (χ1) is 13.0. The van der Waals surface area contributed by atoms with E-state index in [0.29, 0.717) is 24.5 Å². The van der Waals surface area contributed by atoms with E-state index in [0.717, 1.165) is 17.7 Å². The predicted octanol–water partition coefficient (Wildman–Crippen LogP) is 3.85. The molecule has 2 aromatic carbocycles. The number of rotatable bonds is 7. The molecule has 0 aliphatic carbocycles. The Morgan fingerprint density at radius 1 is 1.07 bits per heavy atom. The molecular weight excluding hydrogens is 338 g/mol. The average molecular weight is 363 g/mol. The molecule has 0 aliphatic heterocycles. The van der Waals surface area contributed by atoms with Crippen LogP contribution in [0.5, 0.6) is 0 Å². The van der Waals surface area contributed by atoms with Crippen molar-refractivity contribution in [3.63, 3.8) is 0 Å². The average Bonchev–Trinajstić information content (AvgIpc) is 3.11. The summed E-state index contributed by atoms with van der Waals surface area (Å²) >= 11 is 0.